The molecule has 2 fully saturated rings. The minimum atomic E-state index is -3.71. The van der Waals surface area contributed by atoms with E-state index in [1.807, 2.05) is 20.0 Å². The van der Waals surface area contributed by atoms with Gasteiger partial charge in [-0.15, -0.1) is 0 Å². The average molecular weight is 430 g/mol. The van der Waals surface area contributed by atoms with E-state index in [0.29, 0.717) is 32.4 Å². The number of sulfonamides is 1. The number of hydrogen-bond donors (Lipinski definition) is 0. The van der Waals surface area contributed by atoms with E-state index >= 15 is 0 Å². The molecule has 3 aliphatic heterocycles. The van der Waals surface area contributed by atoms with E-state index in [1.54, 1.807) is 0 Å². The first kappa shape index (κ1) is 20.2. The van der Waals surface area contributed by atoms with Gasteiger partial charge in [0.1, 0.15) is 11.4 Å². The number of nitrogens with zero attached hydrogens (tertiary/aromatic N) is 3. The van der Waals surface area contributed by atoms with Gasteiger partial charge in [0, 0.05) is 25.2 Å². The third-order valence-corrected chi connectivity index (χ3v) is 10.2. The van der Waals surface area contributed by atoms with Gasteiger partial charge in [0.05, 0.1) is 29.1 Å². The van der Waals surface area contributed by atoms with E-state index in [-0.39, 0.29) is 30.4 Å². The quantitative estimate of drug-likeness (QED) is 0.705. The van der Waals surface area contributed by atoms with Crippen molar-refractivity contribution in [3.05, 3.63) is 23.3 Å². The lowest BCUT2D eigenvalue weighted by Gasteiger charge is -2.45. The van der Waals surface area contributed by atoms with Crippen molar-refractivity contribution in [2.75, 3.05) is 31.2 Å². The molecule has 0 radical (unpaired) electrons. The van der Waals surface area contributed by atoms with Crippen LogP contribution in [0.5, 0.6) is 0 Å². The molecule has 4 heterocycles. The highest BCUT2D eigenvalue weighted by molar-refractivity contribution is 7.95. The summed E-state index contributed by atoms with van der Waals surface area (Å²) in [7, 11) is -6.98. The monoisotopic (exact) mass is 429 g/mol. The topological polar surface area (TPSA) is 107 Å². The predicted molar refractivity (Wildman–Crippen MR) is 104 cm³/mol. The second-order valence-electron chi connectivity index (χ2n) is 8.36. The Morgan fingerprint density at radius 2 is 2.14 bits per heavy atom. The molecular formula is C18H27N3O5S2. The molecule has 0 amide bonds. The predicted octanol–water partition coefficient (Wildman–Crippen LogP) is 0.981. The Hall–Kier alpha value is -1.10. The van der Waals surface area contributed by atoms with Gasteiger partial charge >= 0.3 is 0 Å². The number of fused-ring (bicyclic) bond motifs is 2. The Labute approximate surface area is 166 Å². The Morgan fingerprint density at radius 1 is 1.36 bits per heavy atom. The van der Waals surface area contributed by atoms with Gasteiger partial charge in [-0.3, -0.25) is 0 Å². The first-order valence-electron chi connectivity index (χ1n) is 9.83. The fraction of sp³-hybridized carbons (Fsp3) is 0.778. The number of aromatic nitrogens is 2. The molecule has 0 aliphatic carbocycles. The Bertz CT molecular complexity index is 977. The van der Waals surface area contributed by atoms with Crippen molar-refractivity contribution in [1.82, 2.24) is 14.3 Å². The smallest absolute Gasteiger partial charge is 0.218 e. The average Bonchev–Trinajstić information content (AvgIpc) is 3.02. The van der Waals surface area contributed by atoms with Crippen molar-refractivity contribution in [3.63, 3.8) is 0 Å². The Balaban J connectivity index is 1.67. The molecule has 1 spiro atoms. The van der Waals surface area contributed by atoms with Crippen LogP contribution in [0.2, 0.25) is 0 Å². The summed E-state index contributed by atoms with van der Waals surface area (Å²) in [4.78, 5) is 9.22. The molecule has 1 aromatic heterocycles. The molecule has 28 heavy (non-hydrogen) atoms. The van der Waals surface area contributed by atoms with Gasteiger partial charge in [-0.2, -0.15) is 4.31 Å². The molecule has 156 valence electrons. The number of sulfone groups is 1. The molecule has 2 saturated heterocycles. The lowest BCUT2D eigenvalue weighted by atomic mass is 9.85. The first-order chi connectivity index (χ1) is 13.1. The summed E-state index contributed by atoms with van der Waals surface area (Å²) in [6.07, 6.45) is 4.08. The third kappa shape index (κ3) is 3.48. The molecule has 0 N–H and O–H groups in total. The van der Waals surface area contributed by atoms with Crippen molar-refractivity contribution in [1.29, 1.82) is 0 Å². The highest BCUT2D eigenvalue weighted by Gasteiger charge is 2.49. The zero-order valence-electron chi connectivity index (χ0n) is 16.3. The van der Waals surface area contributed by atoms with Crippen molar-refractivity contribution < 1.29 is 21.6 Å². The molecule has 1 aromatic rings. The summed E-state index contributed by atoms with van der Waals surface area (Å²) in [5, 5.41) is -0.854. The van der Waals surface area contributed by atoms with Crippen LogP contribution in [-0.2, 0) is 36.6 Å². The van der Waals surface area contributed by atoms with E-state index in [4.69, 9.17) is 9.72 Å². The zero-order valence-corrected chi connectivity index (χ0v) is 17.9. The second-order valence-corrected chi connectivity index (χ2v) is 12.8. The molecular weight excluding hydrogens is 402 g/mol. The van der Waals surface area contributed by atoms with Crippen molar-refractivity contribution >= 4 is 19.9 Å². The normalized spacial score (nSPS) is 30.6. The van der Waals surface area contributed by atoms with E-state index in [9.17, 15) is 16.8 Å². The number of hydrogen-bond acceptors (Lipinski definition) is 7. The van der Waals surface area contributed by atoms with Crippen LogP contribution in [0, 0.1) is 0 Å². The molecule has 3 aliphatic rings. The van der Waals surface area contributed by atoms with Crippen LogP contribution < -0.4 is 0 Å². The summed E-state index contributed by atoms with van der Waals surface area (Å²) in [5.41, 5.74) is 1.04. The van der Waals surface area contributed by atoms with E-state index in [1.165, 1.54) is 4.31 Å². The van der Waals surface area contributed by atoms with Crippen molar-refractivity contribution in [2.45, 2.75) is 56.3 Å². The standard InChI is InChI=1S/C18H27N3O5S2/c1-13(2)17-19-10-14-4-8-26-18(16(14)20-17)6-3-7-21(12-18)28(24,25)15-5-9-27(22,23)11-15/h10,13,15H,3-9,11-12H2,1-2H3. The molecule has 2 unspecified atom stereocenters. The fourth-order valence-corrected chi connectivity index (χ4v) is 9.03. The van der Waals surface area contributed by atoms with E-state index < -0.39 is 30.7 Å². The van der Waals surface area contributed by atoms with Crippen LogP contribution in [-0.4, -0.2) is 67.6 Å². The van der Waals surface area contributed by atoms with Crippen LogP contribution in [0.3, 0.4) is 0 Å². The zero-order chi connectivity index (χ0) is 20.2. The lowest BCUT2D eigenvalue weighted by molar-refractivity contribution is -0.0937. The third-order valence-electron chi connectivity index (χ3n) is 5.97. The minimum absolute atomic E-state index is 0.0554. The fourth-order valence-electron chi connectivity index (χ4n) is 4.42. The largest absolute Gasteiger partial charge is 0.367 e. The van der Waals surface area contributed by atoms with Gasteiger partial charge in [0.15, 0.2) is 9.84 Å². The maximum Gasteiger partial charge on any atom is 0.218 e. The van der Waals surface area contributed by atoms with Crippen molar-refractivity contribution in [2.24, 2.45) is 0 Å². The van der Waals surface area contributed by atoms with Crippen LogP contribution in [0.4, 0.5) is 0 Å². The van der Waals surface area contributed by atoms with Gasteiger partial charge in [-0.05, 0) is 31.2 Å². The van der Waals surface area contributed by atoms with Gasteiger partial charge in [-0.1, -0.05) is 13.8 Å². The Morgan fingerprint density at radius 3 is 2.82 bits per heavy atom. The van der Waals surface area contributed by atoms with Crippen molar-refractivity contribution in [3.8, 4) is 0 Å². The van der Waals surface area contributed by atoms with E-state index in [0.717, 1.165) is 17.1 Å². The summed E-state index contributed by atoms with van der Waals surface area (Å²) < 4.78 is 57.6. The second kappa shape index (κ2) is 7.00. The molecule has 0 aromatic carbocycles. The van der Waals surface area contributed by atoms with Crippen LogP contribution in [0.1, 0.15) is 56.1 Å². The molecule has 2 atom stereocenters. The summed E-state index contributed by atoms with van der Waals surface area (Å²) in [5.74, 6) is 0.553. The summed E-state index contributed by atoms with van der Waals surface area (Å²) in [6, 6.07) is 0. The lowest BCUT2D eigenvalue weighted by Crippen LogP contribution is -2.54. The van der Waals surface area contributed by atoms with Crippen LogP contribution in [0.25, 0.3) is 0 Å². The molecule has 10 heteroatoms. The Kier molecular flexibility index (Phi) is 5.05. The van der Waals surface area contributed by atoms with Gasteiger partial charge < -0.3 is 4.74 Å². The maximum atomic E-state index is 13.2. The first-order valence-corrected chi connectivity index (χ1v) is 13.2. The molecule has 0 saturated carbocycles. The minimum Gasteiger partial charge on any atom is -0.367 e. The highest BCUT2D eigenvalue weighted by Crippen LogP contribution is 2.41. The van der Waals surface area contributed by atoms with E-state index in [2.05, 4.69) is 4.98 Å². The van der Waals surface area contributed by atoms with Gasteiger partial charge in [0.25, 0.3) is 0 Å². The molecule has 8 nitrogen and oxygen atoms in total. The van der Waals surface area contributed by atoms with Gasteiger partial charge in [-0.25, -0.2) is 26.8 Å². The summed E-state index contributed by atoms with van der Waals surface area (Å²) in [6.45, 7) is 5.13. The molecule has 4 rings (SSSR count). The highest BCUT2D eigenvalue weighted by atomic mass is 32.2. The number of rotatable bonds is 3. The van der Waals surface area contributed by atoms with Crippen LogP contribution in [0.15, 0.2) is 6.20 Å². The number of piperidine rings is 1. The maximum absolute atomic E-state index is 13.2. The SMILES string of the molecule is CC(C)c1ncc2c(n1)C1(CCCN(S(=O)(=O)C3CCS(=O)(=O)C3)C1)OCC2. The van der Waals surface area contributed by atoms with Gasteiger partial charge in [0.2, 0.25) is 10.0 Å². The summed E-state index contributed by atoms with van der Waals surface area (Å²) >= 11 is 0. The molecule has 0 bridgehead atoms. The number of ether oxygens (including phenoxy) is 1. The van der Waals surface area contributed by atoms with Crippen LogP contribution >= 0.6 is 0 Å².